The first kappa shape index (κ1) is 20.1. The molecule has 0 fully saturated rings. The topological polar surface area (TPSA) is 86.1 Å². The number of hydrogen-bond acceptors (Lipinski definition) is 5. The summed E-state index contributed by atoms with van der Waals surface area (Å²) in [4.78, 5) is 25.6. The number of rotatable bonds is 6. The summed E-state index contributed by atoms with van der Waals surface area (Å²) in [6.45, 7) is 2.55. The number of ether oxygens (including phenoxy) is 1. The monoisotopic (exact) mass is 400 g/mol. The summed E-state index contributed by atoms with van der Waals surface area (Å²) < 4.78 is 31.8. The van der Waals surface area contributed by atoms with Crippen LogP contribution >= 0.6 is 0 Å². The van der Waals surface area contributed by atoms with Crippen LogP contribution < -0.4 is 5.32 Å². The van der Waals surface area contributed by atoms with Crippen LogP contribution in [0, 0.1) is 18.6 Å². The molecule has 0 saturated carbocycles. The number of carbonyl (C=O) groups excluding carboxylic acids is 2. The van der Waals surface area contributed by atoms with Gasteiger partial charge in [-0.25, -0.2) is 13.6 Å². The van der Waals surface area contributed by atoms with Crippen molar-refractivity contribution in [3.63, 3.8) is 0 Å². The Kier molecular flexibility index (Phi) is 5.96. The van der Waals surface area contributed by atoms with Gasteiger partial charge in [-0.05, 0) is 32.0 Å². The Labute approximate surface area is 165 Å². The Balaban J connectivity index is 1.59. The molecular formula is C20H18F2N4O3. The molecule has 0 aliphatic rings. The average molecular weight is 400 g/mol. The standard InChI is InChI=1S/C20H18F2N4O3/c1-12(16-9-8-14(21)10-17(16)22)23-18(27)11-29-20(28)19-13(2)24-26(25-19)15-6-4-3-5-7-15/h3-10,12H,11H2,1-2H3,(H,23,27). The number of esters is 1. The number of carbonyl (C=O) groups is 2. The van der Waals surface area contributed by atoms with Crippen molar-refractivity contribution in [2.24, 2.45) is 0 Å². The van der Waals surface area contributed by atoms with Crippen LogP contribution in [0.4, 0.5) is 8.78 Å². The lowest BCUT2D eigenvalue weighted by atomic mass is 10.1. The van der Waals surface area contributed by atoms with Crippen LogP contribution in [-0.2, 0) is 9.53 Å². The minimum absolute atomic E-state index is 0.0146. The van der Waals surface area contributed by atoms with E-state index in [2.05, 4.69) is 15.5 Å². The fourth-order valence-electron chi connectivity index (χ4n) is 2.66. The van der Waals surface area contributed by atoms with E-state index in [1.807, 2.05) is 18.2 Å². The van der Waals surface area contributed by atoms with Crippen molar-refractivity contribution in [3.8, 4) is 5.69 Å². The van der Waals surface area contributed by atoms with Gasteiger partial charge < -0.3 is 10.1 Å². The zero-order valence-electron chi connectivity index (χ0n) is 15.7. The molecular weight excluding hydrogens is 382 g/mol. The molecule has 29 heavy (non-hydrogen) atoms. The van der Waals surface area contributed by atoms with E-state index in [1.54, 1.807) is 19.1 Å². The summed E-state index contributed by atoms with van der Waals surface area (Å²) in [5.41, 5.74) is 1.12. The highest BCUT2D eigenvalue weighted by Crippen LogP contribution is 2.17. The van der Waals surface area contributed by atoms with Gasteiger partial charge in [0.05, 0.1) is 17.4 Å². The molecule has 0 saturated heterocycles. The van der Waals surface area contributed by atoms with Gasteiger partial charge in [0.2, 0.25) is 0 Å². The molecule has 9 heteroatoms. The highest BCUT2D eigenvalue weighted by atomic mass is 19.1. The molecule has 1 unspecified atom stereocenters. The van der Waals surface area contributed by atoms with Crippen LogP contribution in [0.2, 0.25) is 0 Å². The summed E-state index contributed by atoms with van der Waals surface area (Å²) in [6, 6.07) is 11.3. The number of para-hydroxylation sites is 1. The van der Waals surface area contributed by atoms with Crippen molar-refractivity contribution in [2.45, 2.75) is 19.9 Å². The number of amides is 1. The first-order valence-corrected chi connectivity index (χ1v) is 8.76. The largest absolute Gasteiger partial charge is 0.451 e. The Morgan fingerprint density at radius 2 is 1.86 bits per heavy atom. The van der Waals surface area contributed by atoms with E-state index in [-0.39, 0.29) is 11.3 Å². The number of nitrogens with zero attached hydrogens (tertiary/aromatic N) is 3. The normalized spacial score (nSPS) is 11.7. The van der Waals surface area contributed by atoms with Crippen molar-refractivity contribution in [3.05, 3.63) is 77.1 Å². The van der Waals surface area contributed by atoms with E-state index in [0.29, 0.717) is 11.4 Å². The Morgan fingerprint density at radius 1 is 1.14 bits per heavy atom. The zero-order chi connectivity index (χ0) is 21.0. The molecule has 1 atom stereocenters. The molecule has 0 aliphatic carbocycles. The van der Waals surface area contributed by atoms with Crippen LogP contribution in [0.5, 0.6) is 0 Å². The maximum atomic E-state index is 13.8. The fraction of sp³-hybridized carbons (Fsp3) is 0.200. The molecule has 3 aromatic rings. The SMILES string of the molecule is Cc1nn(-c2ccccc2)nc1C(=O)OCC(=O)NC(C)c1ccc(F)cc1F. The zero-order valence-corrected chi connectivity index (χ0v) is 15.7. The van der Waals surface area contributed by atoms with E-state index >= 15 is 0 Å². The van der Waals surface area contributed by atoms with Gasteiger partial charge in [-0.15, -0.1) is 5.10 Å². The predicted molar refractivity (Wildman–Crippen MR) is 99.3 cm³/mol. The Bertz CT molecular complexity index is 1040. The van der Waals surface area contributed by atoms with Crippen molar-refractivity contribution in [2.75, 3.05) is 6.61 Å². The van der Waals surface area contributed by atoms with E-state index in [9.17, 15) is 18.4 Å². The second kappa shape index (κ2) is 8.59. The van der Waals surface area contributed by atoms with Gasteiger partial charge in [0.25, 0.3) is 5.91 Å². The van der Waals surface area contributed by atoms with Crippen LogP contribution in [0.3, 0.4) is 0 Å². The van der Waals surface area contributed by atoms with Crippen LogP contribution in [-0.4, -0.2) is 33.5 Å². The van der Waals surface area contributed by atoms with Crippen LogP contribution in [0.25, 0.3) is 5.69 Å². The Hall–Kier alpha value is -3.62. The van der Waals surface area contributed by atoms with Crippen LogP contribution in [0.1, 0.15) is 34.7 Å². The highest BCUT2D eigenvalue weighted by molar-refractivity contribution is 5.90. The predicted octanol–water partition coefficient (Wildman–Crippen LogP) is 2.89. The molecule has 0 bridgehead atoms. The maximum Gasteiger partial charge on any atom is 0.361 e. The van der Waals surface area contributed by atoms with Crippen molar-refractivity contribution < 1.29 is 23.1 Å². The quantitative estimate of drug-likeness (QED) is 0.643. The fourth-order valence-corrected chi connectivity index (χ4v) is 2.66. The van der Waals surface area contributed by atoms with Gasteiger partial charge in [0.1, 0.15) is 11.6 Å². The lowest BCUT2D eigenvalue weighted by Gasteiger charge is -2.15. The van der Waals surface area contributed by atoms with E-state index in [4.69, 9.17) is 4.74 Å². The first-order valence-electron chi connectivity index (χ1n) is 8.76. The van der Waals surface area contributed by atoms with Crippen LogP contribution in [0.15, 0.2) is 48.5 Å². The number of halogens is 2. The van der Waals surface area contributed by atoms with Crippen molar-refractivity contribution in [1.29, 1.82) is 0 Å². The van der Waals surface area contributed by atoms with E-state index in [1.165, 1.54) is 17.8 Å². The molecule has 0 spiro atoms. The molecule has 2 aromatic carbocycles. The molecule has 1 amide bonds. The third-order valence-corrected chi connectivity index (χ3v) is 4.10. The highest BCUT2D eigenvalue weighted by Gasteiger charge is 2.20. The summed E-state index contributed by atoms with van der Waals surface area (Å²) >= 11 is 0. The summed E-state index contributed by atoms with van der Waals surface area (Å²) in [6.07, 6.45) is 0. The number of aryl methyl sites for hydroxylation is 1. The second-order valence-electron chi connectivity index (χ2n) is 6.29. The summed E-state index contributed by atoms with van der Waals surface area (Å²) in [5, 5.41) is 10.8. The van der Waals surface area contributed by atoms with Gasteiger partial charge in [0, 0.05) is 11.6 Å². The van der Waals surface area contributed by atoms with Crippen molar-refractivity contribution >= 4 is 11.9 Å². The number of hydrogen-bond donors (Lipinski definition) is 1. The first-order chi connectivity index (χ1) is 13.8. The number of benzene rings is 2. The maximum absolute atomic E-state index is 13.8. The lowest BCUT2D eigenvalue weighted by molar-refractivity contribution is -0.124. The minimum Gasteiger partial charge on any atom is -0.451 e. The molecule has 150 valence electrons. The smallest absolute Gasteiger partial charge is 0.361 e. The molecule has 1 aromatic heterocycles. The molecule has 0 radical (unpaired) electrons. The van der Waals surface area contributed by atoms with Gasteiger partial charge in [0.15, 0.2) is 12.3 Å². The number of aromatic nitrogens is 3. The third-order valence-electron chi connectivity index (χ3n) is 4.10. The van der Waals surface area contributed by atoms with Gasteiger partial charge in [-0.3, -0.25) is 4.79 Å². The Morgan fingerprint density at radius 3 is 2.55 bits per heavy atom. The van der Waals surface area contributed by atoms with E-state index in [0.717, 1.165) is 12.1 Å². The lowest BCUT2D eigenvalue weighted by Crippen LogP contribution is -2.31. The molecule has 1 N–H and O–H groups in total. The average Bonchev–Trinajstić information content (AvgIpc) is 3.08. The van der Waals surface area contributed by atoms with Gasteiger partial charge in [-0.1, -0.05) is 24.3 Å². The van der Waals surface area contributed by atoms with Crippen molar-refractivity contribution in [1.82, 2.24) is 20.3 Å². The number of nitrogens with one attached hydrogen (secondary N) is 1. The summed E-state index contributed by atoms with van der Waals surface area (Å²) in [7, 11) is 0. The second-order valence-corrected chi connectivity index (χ2v) is 6.29. The molecule has 0 aliphatic heterocycles. The third kappa shape index (κ3) is 4.81. The molecule has 1 heterocycles. The van der Waals surface area contributed by atoms with Gasteiger partial charge in [-0.2, -0.15) is 9.90 Å². The van der Waals surface area contributed by atoms with Gasteiger partial charge >= 0.3 is 5.97 Å². The molecule has 7 nitrogen and oxygen atoms in total. The van der Waals surface area contributed by atoms with E-state index < -0.39 is 36.2 Å². The minimum atomic E-state index is -0.805. The summed E-state index contributed by atoms with van der Waals surface area (Å²) in [5.74, 6) is -2.93. The molecule has 3 rings (SSSR count).